The van der Waals surface area contributed by atoms with Crippen molar-refractivity contribution < 1.29 is 23.7 Å². The maximum absolute atomic E-state index is 5.97. The predicted octanol–water partition coefficient (Wildman–Crippen LogP) is 4.35. The fraction of sp³-hybridized carbons (Fsp3) is 0.700. The van der Waals surface area contributed by atoms with Crippen molar-refractivity contribution in [1.82, 2.24) is 0 Å². The van der Waals surface area contributed by atoms with Gasteiger partial charge in [-0.15, -0.1) is 0 Å². The Balaban J connectivity index is 1.79. The molecule has 25 heavy (non-hydrogen) atoms. The summed E-state index contributed by atoms with van der Waals surface area (Å²) >= 11 is 0. The standard InChI is InChI=1S/C20H32O5/c1-5-7-8-15(6-2)12-23-13-17-14-24-20(25-17)16-9-10-18(21-3)19(11-16)22-4/h9-11,15,17,20H,5-8,12-14H2,1-4H3. The predicted molar refractivity (Wildman–Crippen MR) is 97.2 cm³/mol. The molecule has 3 unspecified atom stereocenters. The van der Waals surface area contributed by atoms with Gasteiger partial charge in [0, 0.05) is 12.2 Å². The molecule has 0 bridgehead atoms. The fourth-order valence-corrected chi connectivity index (χ4v) is 2.97. The molecular weight excluding hydrogens is 320 g/mol. The van der Waals surface area contributed by atoms with Gasteiger partial charge in [0.15, 0.2) is 17.8 Å². The van der Waals surface area contributed by atoms with Crippen molar-refractivity contribution in [3.8, 4) is 11.5 Å². The van der Waals surface area contributed by atoms with Gasteiger partial charge in [-0.1, -0.05) is 39.2 Å². The summed E-state index contributed by atoms with van der Waals surface area (Å²) in [5, 5.41) is 0. The Kier molecular flexibility index (Phi) is 8.52. The zero-order valence-electron chi connectivity index (χ0n) is 16.0. The molecule has 1 heterocycles. The monoisotopic (exact) mass is 352 g/mol. The quantitative estimate of drug-likeness (QED) is 0.592. The fourth-order valence-electron chi connectivity index (χ4n) is 2.97. The Hall–Kier alpha value is -1.30. The van der Waals surface area contributed by atoms with Crippen molar-refractivity contribution in [3.63, 3.8) is 0 Å². The smallest absolute Gasteiger partial charge is 0.184 e. The average molecular weight is 352 g/mol. The van der Waals surface area contributed by atoms with E-state index in [-0.39, 0.29) is 12.4 Å². The third-order valence-corrected chi connectivity index (χ3v) is 4.63. The van der Waals surface area contributed by atoms with Gasteiger partial charge < -0.3 is 23.7 Å². The lowest BCUT2D eigenvalue weighted by Gasteiger charge is -2.17. The molecule has 0 saturated carbocycles. The van der Waals surface area contributed by atoms with E-state index in [1.165, 1.54) is 19.3 Å². The van der Waals surface area contributed by atoms with Crippen LogP contribution >= 0.6 is 0 Å². The van der Waals surface area contributed by atoms with Crippen molar-refractivity contribution in [3.05, 3.63) is 23.8 Å². The topological polar surface area (TPSA) is 46.2 Å². The van der Waals surface area contributed by atoms with E-state index in [0.29, 0.717) is 30.6 Å². The van der Waals surface area contributed by atoms with Crippen LogP contribution < -0.4 is 9.47 Å². The van der Waals surface area contributed by atoms with E-state index >= 15 is 0 Å². The van der Waals surface area contributed by atoms with Crippen LogP contribution in [0.3, 0.4) is 0 Å². The second-order valence-corrected chi connectivity index (χ2v) is 6.49. The van der Waals surface area contributed by atoms with Crippen LogP contribution in [0.2, 0.25) is 0 Å². The largest absolute Gasteiger partial charge is 0.493 e. The molecule has 1 saturated heterocycles. The summed E-state index contributed by atoms with van der Waals surface area (Å²) in [7, 11) is 3.24. The summed E-state index contributed by atoms with van der Waals surface area (Å²) in [6.07, 6.45) is 4.51. The van der Waals surface area contributed by atoms with Gasteiger partial charge in [0.1, 0.15) is 6.10 Å². The second kappa shape index (κ2) is 10.6. The minimum atomic E-state index is -0.379. The molecule has 0 N–H and O–H groups in total. The minimum Gasteiger partial charge on any atom is -0.493 e. The van der Waals surface area contributed by atoms with E-state index in [1.54, 1.807) is 14.2 Å². The van der Waals surface area contributed by atoms with Gasteiger partial charge >= 0.3 is 0 Å². The summed E-state index contributed by atoms with van der Waals surface area (Å²) in [5.74, 6) is 2.01. The lowest BCUT2D eigenvalue weighted by molar-refractivity contribution is -0.0759. The van der Waals surface area contributed by atoms with Crippen LogP contribution in [-0.2, 0) is 14.2 Å². The van der Waals surface area contributed by atoms with E-state index < -0.39 is 0 Å². The summed E-state index contributed by atoms with van der Waals surface area (Å²) in [6, 6.07) is 5.70. The summed E-state index contributed by atoms with van der Waals surface area (Å²) < 4.78 is 28.2. The molecule has 5 heteroatoms. The lowest BCUT2D eigenvalue weighted by Crippen LogP contribution is -2.20. The zero-order chi connectivity index (χ0) is 18.1. The second-order valence-electron chi connectivity index (χ2n) is 6.49. The molecule has 2 rings (SSSR count). The van der Waals surface area contributed by atoms with E-state index in [2.05, 4.69) is 13.8 Å². The normalized spacial score (nSPS) is 21.3. The van der Waals surface area contributed by atoms with E-state index in [1.807, 2.05) is 18.2 Å². The molecule has 1 fully saturated rings. The molecule has 0 aromatic heterocycles. The number of hydrogen-bond donors (Lipinski definition) is 0. The third kappa shape index (κ3) is 5.87. The highest BCUT2D eigenvalue weighted by atomic mass is 16.7. The molecule has 0 amide bonds. The van der Waals surface area contributed by atoms with Crippen molar-refractivity contribution in [2.24, 2.45) is 5.92 Å². The van der Waals surface area contributed by atoms with E-state index in [0.717, 1.165) is 18.6 Å². The summed E-state index contributed by atoms with van der Waals surface area (Å²) in [5.41, 5.74) is 0.925. The highest BCUT2D eigenvalue weighted by Gasteiger charge is 2.28. The lowest BCUT2D eigenvalue weighted by atomic mass is 10.0. The van der Waals surface area contributed by atoms with Gasteiger partial charge in [0.25, 0.3) is 0 Å². The average Bonchev–Trinajstić information content (AvgIpc) is 3.12. The van der Waals surface area contributed by atoms with Gasteiger partial charge in [0.2, 0.25) is 0 Å². The van der Waals surface area contributed by atoms with Gasteiger partial charge in [-0.25, -0.2) is 0 Å². The number of methoxy groups -OCH3 is 2. The van der Waals surface area contributed by atoms with Gasteiger partial charge in [-0.3, -0.25) is 0 Å². The first-order chi connectivity index (χ1) is 12.2. The van der Waals surface area contributed by atoms with Crippen LogP contribution in [0.1, 0.15) is 51.4 Å². The van der Waals surface area contributed by atoms with Crippen molar-refractivity contribution in [2.75, 3.05) is 34.0 Å². The maximum atomic E-state index is 5.97. The van der Waals surface area contributed by atoms with Crippen LogP contribution in [-0.4, -0.2) is 40.1 Å². The van der Waals surface area contributed by atoms with Gasteiger partial charge in [0.05, 0.1) is 27.4 Å². The van der Waals surface area contributed by atoms with Crippen molar-refractivity contribution in [1.29, 1.82) is 0 Å². The maximum Gasteiger partial charge on any atom is 0.184 e. The summed E-state index contributed by atoms with van der Waals surface area (Å²) in [6.45, 7) is 6.38. The number of rotatable bonds is 11. The van der Waals surface area contributed by atoms with E-state index in [4.69, 9.17) is 23.7 Å². The van der Waals surface area contributed by atoms with Crippen LogP contribution in [0.15, 0.2) is 18.2 Å². The van der Waals surface area contributed by atoms with Gasteiger partial charge in [-0.2, -0.15) is 0 Å². The molecule has 0 spiro atoms. The Morgan fingerprint density at radius 1 is 1.16 bits per heavy atom. The molecule has 1 aliphatic rings. The number of ether oxygens (including phenoxy) is 5. The Morgan fingerprint density at radius 3 is 2.64 bits per heavy atom. The Morgan fingerprint density at radius 2 is 1.96 bits per heavy atom. The SMILES string of the molecule is CCCCC(CC)COCC1COC(c2ccc(OC)c(OC)c2)O1. The first kappa shape index (κ1) is 20.0. The molecule has 1 aliphatic heterocycles. The van der Waals surface area contributed by atoms with E-state index in [9.17, 15) is 0 Å². The highest BCUT2D eigenvalue weighted by Crippen LogP contribution is 2.34. The Labute approximate surface area is 151 Å². The van der Waals surface area contributed by atoms with Crippen LogP contribution in [0.4, 0.5) is 0 Å². The van der Waals surface area contributed by atoms with Crippen LogP contribution in [0.25, 0.3) is 0 Å². The molecule has 1 aromatic carbocycles. The van der Waals surface area contributed by atoms with Crippen molar-refractivity contribution in [2.45, 2.75) is 51.9 Å². The molecule has 1 aromatic rings. The molecule has 142 valence electrons. The molecular formula is C20H32O5. The van der Waals surface area contributed by atoms with Crippen LogP contribution in [0.5, 0.6) is 11.5 Å². The number of unbranched alkanes of at least 4 members (excludes halogenated alkanes) is 1. The van der Waals surface area contributed by atoms with Crippen molar-refractivity contribution >= 4 is 0 Å². The highest BCUT2D eigenvalue weighted by molar-refractivity contribution is 5.43. The number of hydrogen-bond acceptors (Lipinski definition) is 5. The Bertz CT molecular complexity index is 505. The van der Waals surface area contributed by atoms with Crippen LogP contribution in [0, 0.1) is 5.92 Å². The molecule has 3 atom stereocenters. The zero-order valence-corrected chi connectivity index (χ0v) is 16.0. The van der Waals surface area contributed by atoms with Gasteiger partial charge in [-0.05, 0) is 24.5 Å². The third-order valence-electron chi connectivity index (χ3n) is 4.63. The number of benzene rings is 1. The molecule has 5 nitrogen and oxygen atoms in total. The molecule has 0 radical (unpaired) electrons. The minimum absolute atomic E-state index is 0.0261. The first-order valence-electron chi connectivity index (χ1n) is 9.28. The summed E-state index contributed by atoms with van der Waals surface area (Å²) in [4.78, 5) is 0. The first-order valence-corrected chi connectivity index (χ1v) is 9.28. The molecule has 0 aliphatic carbocycles.